The van der Waals surface area contributed by atoms with Crippen molar-refractivity contribution >= 4 is 17.5 Å². The summed E-state index contributed by atoms with van der Waals surface area (Å²) in [6.45, 7) is 9.77. The molecular formula is C23H24ClFN4O. The highest BCUT2D eigenvalue weighted by atomic mass is 35.5. The molecule has 0 spiro atoms. The van der Waals surface area contributed by atoms with Crippen LogP contribution in [-0.2, 0) is 0 Å². The van der Waals surface area contributed by atoms with E-state index in [1.54, 1.807) is 24.4 Å². The molecule has 0 saturated heterocycles. The third-order valence-corrected chi connectivity index (χ3v) is 4.66. The number of carbonyl (C=O) groups is 1. The minimum Gasteiger partial charge on any atom is -0.347 e. The Morgan fingerprint density at radius 3 is 2.47 bits per heavy atom. The van der Waals surface area contributed by atoms with E-state index in [1.165, 1.54) is 18.5 Å². The van der Waals surface area contributed by atoms with Gasteiger partial charge in [-0.15, -0.1) is 0 Å². The highest BCUT2D eigenvalue weighted by Crippen LogP contribution is 2.30. The van der Waals surface area contributed by atoms with Crippen LogP contribution in [0.15, 0.2) is 42.9 Å². The van der Waals surface area contributed by atoms with E-state index in [1.807, 2.05) is 34.6 Å². The molecule has 0 unspecified atom stereocenters. The maximum atomic E-state index is 14.1. The number of carbonyl (C=O) groups excluding carboxylic acids is 1. The van der Waals surface area contributed by atoms with Gasteiger partial charge in [-0.3, -0.25) is 4.79 Å². The maximum Gasteiger partial charge on any atom is 0.251 e. The van der Waals surface area contributed by atoms with Gasteiger partial charge in [-0.1, -0.05) is 31.5 Å². The lowest BCUT2D eigenvalue weighted by Gasteiger charge is -2.21. The molecule has 1 N–H and O–H groups in total. The first kappa shape index (κ1) is 21.8. The van der Waals surface area contributed by atoms with E-state index in [9.17, 15) is 9.18 Å². The zero-order chi connectivity index (χ0) is 22.1. The SMILES string of the molecule is CC(C)c1ncncc1-c1cc(C(=O)NC(C)(C)C)cc(-c2ccc(Cl)c(F)c2)n1. The normalized spacial score (nSPS) is 11.6. The number of hydrogen-bond donors (Lipinski definition) is 1. The van der Waals surface area contributed by atoms with Gasteiger partial charge in [-0.2, -0.15) is 0 Å². The Morgan fingerprint density at radius 2 is 1.83 bits per heavy atom. The summed E-state index contributed by atoms with van der Waals surface area (Å²) in [6, 6.07) is 7.81. The van der Waals surface area contributed by atoms with Crippen LogP contribution >= 0.6 is 11.6 Å². The molecular weight excluding hydrogens is 403 g/mol. The minimum absolute atomic E-state index is 0.0270. The number of hydrogen-bond acceptors (Lipinski definition) is 4. The molecule has 0 aliphatic rings. The average Bonchev–Trinajstić information content (AvgIpc) is 2.68. The lowest BCUT2D eigenvalue weighted by molar-refractivity contribution is 0.0919. The second kappa shape index (κ2) is 8.48. The monoisotopic (exact) mass is 426 g/mol. The van der Waals surface area contributed by atoms with Gasteiger partial charge in [0.05, 0.1) is 22.1 Å². The molecule has 5 nitrogen and oxygen atoms in total. The van der Waals surface area contributed by atoms with Gasteiger partial charge >= 0.3 is 0 Å². The van der Waals surface area contributed by atoms with Crippen molar-refractivity contribution in [3.8, 4) is 22.5 Å². The second-order valence-electron chi connectivity index (χ2n) is 8.44. The second-order valence-corrected chi connectivity index (χ2v) is 8.84. The molecule has 0 radical (unpaired) electrons. The first-order valence-corrected chi connectivity index (χ1v) is 10.0. The zero-order valence-electron chi connectivity index (χ0n) is 17.6. The van der Waals surface area contributed by atoms with Crippen molar-refractivity contribution in [1.29, 1.82) is 0 Å². The fourth-order valence-electron chi connectivity index (χ4n) is 3.01. The average molecular weight is 427 g/mol. The smallest absolute Gasteiger partial charge is 0.251 e. The topological polar surface area (TPSA) is 67.8 Å². The number of nitrogens with one attached hydrogen (secondary N) is 1. The number of amides is 1. The molecule has 2 aromatic heterocycles. The van der Waals surface area contributed by atoms with Gasteiger partial charge in [-0.05, 0) is 51.0 Å². The first-order valence-electron chi connectivity index (χ1n) is 9.65. The van der Waals surface area contributed by atoms with Gasteiger partial charge < -0.3 is 5.32 Å². The first-order chi connectivity index (χ1) is 14.0. The van der Waals surface area contributed by atoms with Crippen molar-refractivity contribution in [3.05, 3.63) is 65.0 Å². The van der Waals surface area contributed by atoms with Crippen molar-refractivity contribution in [3.63, 3.8) is 0 Å². The maximum absolute atomic E-state index is 14.1. The lowest BCUT2D eigenvalue weighted by Crippen LogP contribution is -2.40. The molecule has 7 heteroatoms. The van der Waals surface area contributed by atoms with Crippen LogP contribution < -0.4 is 5.32 Å². The van der Waals surface area contributed by atoms with Crippen molar-refractivity contribution < 1.29 is 9.18 Å². The van der Waals surface area contributed by atoms with Crippen LogP contribution in [-0.4, -0.2) is 26.4 Å². The van der Waals surface area contributed by atoms with E-state index in [0.717, 1.165) is 11.3 Å². The van der Waals surface area contributed by atoms with Crippen LogP contribution in [0.4, 0.5) is 4.39 Å². The van der Waals surface area contributed by atoms with Crippen LogP contribution in [0.25, 0.3) is 22.5 Å². The van der Waals surface area contributed by atoms with Crippen LogP contribution in [0.2, 0.25) is 5.02 Å². The molecule has 30 heavy (non-hydrogen) atoms. The van der Waals surface area contributed by atoms with E-state index >= 15 is 0 Å². The molecule has 1 amide bonds. The Morgan fingerprint density at radius 1 is 1.13 bits per heavy atom. The summed E-state index contributed by atoms with van der Waals surface area (Å²) >= 11 is 5.83. The van der Waals surface area contributed by atoms with Gasteiger partial charge in [0.15, 0.2) is 0 Å². The minimum atomic E-state index is -0.548. The lowest BCUT2D eigenvalue weighted by atomic mass is 9.99. The number of nitrogens with zero attached hydrogens (tertiary/aromatic N) is 3. The van der Waals surface area contributed by atoms with Gasteiger partial charge in [0.1, 0.15) is 12.1 Å². The van der Waals surface area contributed by atoms with Crippen molar-refractivity contribution in [2.45, 2.75) is 46.1 Å². The van der Waals surface area contributed by atoms with Gasteiger partial charge in [0.25, 0.3) is 5.91 Å². The van der Waals surface area contributed by atoms with E-state index < -0.39 is 11.4 Å². The van der Waals surface area contributed by atoms with E-state index in [0.29, 0.717) is 22.5 Å². The van der Waals surface area contributed by atoms with Crippen LogP contribution in [0.1, 0.15) is 56.6 Å². The summed E-state index contributed by atoms with van der Waals surface area (Å²) in [5.74, 6) is -0.661. The van der Waals surface area contributed by atoms with Gasteiger partial charge in [0, 0.05) is 28.4 Å². The molecule has 3 rings (SSSR count). The number of rotatable bonds is 4. The number of benzene rings is 1. The summed E-state index contributed by atoms with van der Waals surface area (Å²) in [6.07, 6.45) is 3.17. The standard InChI is InChI=1S/C23H24ClFN4O/c1-13(2)21-16(11-26-12-27-21)20-10-15(22(30)29-23(3,4)5)9-19(28-20)14-6-7-17(24)18(25)8-14/h6-13H,1-5H3,(H,29,30). The summed E-state index contributed by atoms with van der Waals surface area (Å²) in [7, 11) is 0. The summed E-state index contributed by atoms with van der Waals surface area (Å²) < 4.78 is 14.1. The van der Waals surface area contributed by atoms with Crippen LogP contribution in [0.3, 0.4) is 0 Å². The number of halogens is 2. The fraction of sp³-hybridized carbons (Fsp3) is 0.304. The Balaban J connectivity index is 2.21. The quantitative estimate of drug-likeness (QED) is 0.585. The Bertz CT molecular complexity index is 1090. The van der Waals surface area contributed by atoms with Crippen molar-refractivity contribution in [1.82, 2.24) is 20.3 Å². The van der Waals surface area contributed by atoms with E-state index in [-0.39, 0.29) is 16.8 Å². The molecule has 0 saturated carbocycles. The van der Waals surface area contributed by atoms with E-state index in [2.05, 4.69) is 15.3 Å². The predicted molar refractivity (Wildman–Crippen MR) is 117 cm³/mol. The third kappa shape index (κ3) is 5.00. The third-order valence-electron chi connectivity index (χ3n) is 4.36. The van der Waals surface area contributed by atoms with Gasteiger partial charge in [-0.25, -0.2) is 19.3 Å². The van der Waals surface area contributed by atoms with Gasteiger partial charge in [0.2, 0.25) is 0 Å². The highest BCUT2D eigenvalue weighted by molar-refractivity contribution is 6.30. The molecule has 2 heterocycles. The zero-order valence-corrected chi connectivity index (χ0v) is 18.4. The predicted octanol–water partition coefficient (Wildman–Crippen LogP) is 5.65. The molecule has 0 aliphatic carbocycles. The fourth-order valence-corrected chi connectivity index (χ4v) is 3.13. The molecule has 3 aromatic rings. The summed E-state index contributed by atoms with van der Waals surface area (Å²) in [4.78, 5) is 26.1. The molecule has 0 atom stereocenters. The van der Waals surface area contributed by atoms with Crippen molar-refractivity contribution in [2.75, 3.05) is 0 Å². The molecule has 156 valence electrons. The molecule has 1 aromatic carbocycles. The Labute approximate surface area is 180 Å². The number of pyridine rings is 1. The largest absolute Gasteiger partial charge is 0.347 e. The highest BCUT2D eigenvalue weighted by Gasteiger charge is 2.20. The van der Waals surface area contributed by atoms with Crippen LogP contribution in [0.5, 0.6) is 0 Å². The van der Waals surface area contributed by atoms with Crippen LogP contribution in [0, 0.1) is 5.82 Å². The van der Waals surface area contributed by atoms with Crippen molar-refractivity contribution in [2.24, 2.45) is 0 Å². The summed E-state index contributed by atoms with van der Waals surface area (Å²) in [5, 5.41) is 2.98. The number of aromatic nitrogens is 3. The molecule has 0 aliphatic heterocycles. The van der Waals surface area contributed by atoms with E-state index in [4.69, 9.17) is 16.6 Å². The molecule has 0 bridgehead atoms. The molecule has 0 fully saturated rings. The summed E-state index contributed by atoms with van der Waals surface area (Å²) in [5.41, 5.74) is 3.08. The Hall–Kier alpha value is -2.86. The Kier molecular flexibility index (Phi) is 6.17.